The topological polar surface area (TPSA) is 34.0 Å². The second-order valence-electron chi connectivity index (χ2n) is 4.39. The van der Waals surface area contributed by atoms with E-state index >= 15 is 0 Å². The largest absolute Gasteiger partial charge is 0.339 e. The molecule has 70 valence electrons. The van der Waals surface area contributed by atoms with Gasteiger partial charge < -0.3 is 4.90 Å². The first-order valence-corrected chi connectivity index (χ1v) is 4.88. The minimum absolute atomic E-state index is 0.666. The van der Waals surface area contributed by atoms with Crippen molar-refractivity contribution in [3.8, 4) is 0 Å². The molecule has 4 nitrogen and oxygen atoms in total. The predicted molar refractivity (Wildman–Crippen MR) is 49.5 cm³/mol. The molecule has 1 aromatic rings. The maximum Gasteiger partial charge on any atom is 0.244 e. The second kappa shape index (κ2) is 2.25. The summed E-state index contributed by atoms with van der Waals surface area (Å²) in [6.45, 7) is 2.32. The molecule has 0 aromatic carbocycles. The third-order valence-electron chi connectivity index (χ3n) is 3.27. The molecule has 2 heterocycles. The normalized spacial score (nSPS) is 24.2. The maximum atomic E-state index is 4.32. The van der Waals surface area contributed by atoms with Gasteiger partial charge in [0, 0.05) is 20.1 Å². The zero-order valence-corrected chi connectivity index (χ0v) is 7.90. The van der Waals surface area contributed by atoms with Crippen molar-refractivity contribution in [3.63, 3.8) is 0 Å². The van der Waals surface area contributed by atoms with Crippen molar-refractivity contribution < 1.29 is 0 Å². The van der Waals surface area contributed by atoms with Gasteiger partial charge in [0.15, 0.2) is 0 Å². The van der Waals surface area contributed by atoms with Crippen LogP contribution < -0.4 is 4.90 Å². The standard InChI is InChI=1S/C9H14N4/c1-12-7-10-8(11-12)13-5-4-9(6-13)2-3-9/h7H,2-6H2,1H3. The van der Waals surface area contributed by atoms with Gasteiger partial charge in [-0.1, -0.05) is 0 Å². The molecule has 1 saturated heterocycles. The maximum absolute atomic E-state index is 4.32. The molecule has 0 amide bonds. The zero-order chi connectivity index (χ0) is 8.89. The van der Waals surface area contributed by atoms with Crippen LogP contribution in [0.4, 0.5) is 5.95 Å². The van der Waals surface area contributed by atoms with Crippen molar-refractivity contribution >= 4 is 5.95 Å². The summed E-state index contributed by atoms with van der Waals surface area (Å²) in [5, 5.41) is 4.32. The van der Waals surface area contributed by atoms with Crippen LogP contribution >= 0.6 is 0 Å². The van der Waals surface area contributed by atoms with Crippen LogP contribution in [-0.2, 0) is 7.05 Å². The lowest BCUT2D eigenvalue weighted by Gasteiger charge is -2.12. The van der Waals surface area contributed by atoms with Crippen molar-refractivity contribution in [1.82, 2.24) is 14.8 Å². The number of rotatable bonds is 1. The lowest BCUT2D eigenvalue weighted by molar-refractivity contribution is 0.580. The summed E-state index contributed by atoms with van der Waals surface area (Å²) in [4.78, 5) is 6.58. The zero-order valence-electron chi connectivity index (χ0n) is 7.90. The highest BCUT2D eigenvalue weighted by molar-refractivity contribution is 5.32. The number of anilines is 1. The molecule has 0 radical (unpaired) electrons. The Morgan fingerprint density at radius 2 is 2.23 bits per heavy atom. The molecule has 1 aliphatic carbocycles. The summed E-state index contributed by atoms with van der Waals surface area (Å²) >= 11 is 0. The lowest BCUT2D eigenvalue weighted by Crippen LogP contribution is -2.21. The Labute approximate surface area is 77.6 Å². The highest BCUT2D eigenvalue weighted by Crippen LogP contribution is 2.52. The number of aryl methyl sites for hydroxylation is 1. The van der Waals surface area contributed by atoms with Gasteiger partial charge in [-0.3, -0.25) is 4.68 Å². The number of hydrogen-bond acceptors (Lipinski definition) is 3. The molecular formula is C9H14N4. The Kier molecular flexibility index (Phi) is 1.27. The van der Waals surface area contributed by atoms with Crippen LogP contribution in [0.25, 0.3) is 0 Å². The summed E-state index contributed by atoms with van der Waals surface area (Å²) in [5.41, 5.74) is 0.666. The Bertz CT molecular complexity index is 326. The van der Waals surface area contributed by atoms with Crippen molar-refractivity contribution in [2.24, 2.45) is 12.5 Å². The molecule has 0 atom stereocenters. The molecular weight excluding hydrogens is 164 g/mol. The third kappa shape index (κ3) is 1.12. The molecule has 0 N–H and O–H groups in total. The van der Waals surface area contributed by atoms with Crippen molar-refractivity contribution in [1.29, 1.82) is 0 Å². The fourth-order valence-electron chi connectivity index (χ4n) is 2.16. The molecule has 0 bridgehead atoms. The summed E-state index contributed by atoms with van der Waals surface area (Å²) in [7, 11) is 1.92. The van der Waals surface area contributed by atoms with E-state index in [0.717, 1.165) is 12.5 Å². The number of aromatic nitrogens is 3. The van der Waals surface area contributed by atoms with Crippen LogP contribution in [0, 0.1) is 5.41 Å². The smallest absolute Gasteiger partial charge is 0.244 e. The van der Waals surface area contributed by atoms with Gasteiger partial charge in [-0.05, 0) is 24.7 Å². The van der Waals surface area contributed by atoms with Gasteiger partial charge in [0.05, 0.1) is 0 Å². The van der Waals surface area contributed by atoms with Crippen LogP contribution in [-0.4, -0.2) is 27.9 Å². The summed E-state index contributed by atoms with van der Waals surface area (Å²) in [6.07, 6.45) is 5.94. The molecule has 1 spiro atoms. The van der Waals surface area contributed by atoms with E-state index in [9.17, 15) is 0 Å². The number of hydrogen-bond donors (Lipinski definition) is 0. The van der Waals surface area contributed by atoms with E-state index in [0.29, 0.717) is 5.41 Å². The van der Waals surface area contributed by atoms with E-state index in [4.69, 9.17) is 0 Å². The Morgan fingerprint density at radius 1 is 1.38 bits per heavy atom. The fourth-order valence-corrected chi connectivity index (χ4v) is 2.16. The summed E-state index contributed by atoms with van der Waals surface area (Å²) in [5.74, 6) is 0.909. The fraction of sp³-hybridized carbons (Fsp3) is 0.778. The average molecular weight is 178 g/mol. The molecule has 13 heavy (non-hydrogen) atoms. The van der Waals surface area contributed by atoms with Crippen molar-refractivity contribution in [3.05, 3.63) is 6.33 Å². The van der Waals surface area contributed by atoms with Gasteiger partial charge in [0.2, 0.25) is 5.95 Å². The molecule has 0 unspecified atom stereocenters. The predicted octanol–water partition coefficient (Wildman–Crippen LogP) is 0.805. The second-order valence-corrected chi connectivity index (χ2v) is 4.39. The first kappa shape index (κ1) is 7.35. The van der Waals surface area contributed by atoms with E-state index in [1.54, 1.807) is 11.0 Å². The molecule has 2 fully saturated rings. The minimum Gasteiger partial charge on any atom is -0.339 e. The van der Waals surface area contributed by atoms with Crippen LogP contribution in [0.3, 0.4) is 0 Å². The van der Waals surface area contributed by atoms with Crippen LogP contribution in [0.2, 0.25) is 0 Å². The Morgan fingerprint density at radius 3 is 2.77 bits per heavy atom. The highest BCUT2D eigenvalue weighted by Gasteiger charge is 2.48. The minimum atomic E-state index is 0.666. The van der Waals surface area contributed by atoms with Crippen LogP contribution in [0.1, 0.15) is 19.3 Å². The quantitative estimate of drug-likeness (QED) is 0.638. The van der Waals surface area contributed by atoms with Gasteiger partial charge in [0.25, 0.3) is 0 Å². The van der Waals surface area contributed by atoms with Gasteiger partial charge in [-0.2, -0.15) is 0 Å². The van der Waals surface area contributed by atoms with Crippen molar-refractivity contribution in [2.45, 2.75) is 19.3 Å². The van der Waals surface area contributed by atoms with Crippen LogP contribution in [0.5, 0.6) is 0 Å². The molecule has 2 aliphatic rings. The molecule has 1 saturated carbocycles. The monoisotopic (exact) mass is 178 g/mol. The SMILES string of the molecule is Cn1cnc(N2CCC3(CC3)C2)n1. The Hall–Kier alpha value is -1.06. The van der Waals surface area contributed by atoms with E-state index in [1.165, 1.54) is 25.8 Å². The van der Waals surface area contributed by atoms with E-state index in [-0.39, 0.29) is 0 Å². The summed E-state index contributed by atoms with van der Waals surface area (Å²) in [6, 6.07) is 0. The third-order valence-corrected chi connectivity index (χ3v) is 3.27. The summed E-state index contributed by atoms with van der Waals surface area (Å²) < 4.78 is 1.77. The molecule has 1 aromatic heterocycles. The van der Waals surface area contributed by atoms with E-state index < -0.39 is 0 Å². The van der Waals surface area contributed by atoms with Gasteiger partial charge >= 0.3 is 0 Å². The van der Waals surface area contributed by atoms with Crippen LogP contribution in [0.15, 0.2) is 6.33 Å². The average Bonchev–Trinajstić information content (AvgIpc) is 2.55. The molecule has 3 rings (SSSR count). The molecule has 4 heteroatoms. The van der Waals surface area contributed by atoms with Gasteiger partial charge in [-0.25, -0.2) is 4.98 Å². The first-order valence-electron chi connectivity index (χ1n) is 4.88. The lowest BCUT2D eigenvalue weighted by atomic mass is 10.1. The highest BCUT2D eigenvalue weighted by atomic mass is 15.4. The van der Waals surface area contributed by atoms with Crippen molar-refractivity contribution in [2.75, 3.05) is 18.0 Å². The van der Waals surface area contributed by atoms with E-state index in [2.05, 4.69) is 15.0 Å². The number of nitrogens with zero attached hydrogens (tertiary/aromatic N) is 4. The van der Waals surface area contributed by atoms with Gasteiger partial charge in [-0.15, -0.1) is 5.10 Å². The molecule has 1 aliphatic heterocycles. The first-order chi connectivity index (χ1) is 6.27. The van der Waals surface area contributed by atoms with E-state index in [1.807, 2.05) is 7.05 Å². The Balaban J connectivity index is 1.80. The van der Waals surface area contributed by atoms with Gasteiger partial charge in [0.1, 0.15) is 6.33 Å².